The standard InChI is InChI=1S/C13H21N3/c1-16(2)12-8-9-14-13(10-12)15-11-6-4-3-5-7-11/h8-11H,3-7H2,1-2H3,(H,14,15). The van der Waals surface area contributed by atoms with Crippen LogP contribution >= 0.6 is 0 Å². The Bertz CT molecular complexity index is 330. The summed E-state index contributed by atoms with van der Waals surface area (Å²) < 4.78 is 0. The molecule has 88 valence electrons. The van der Waals surface area contributed by atoms with Gasteiger partial charge in [0.05, 0.1) is 0 Å². The molecule has 1 heterocycles. The van der Waals surface area contributed by atoms with Crippen LogP contribution in [-0.4, -0.2) is 25.1 Å². The Hall–Kier alpha value is -1.25. The van der Waals surface area contributed by atoms with Gasteiger partial charge in [0.2, 0.25) is 0 Å². The van der Waals surface area contributed by atoms with E-state index in [0.29, 0.717) is 6.04 Å². The van der Waals surface area contributed by atoms with Gasteiger partial charge >= 0.3 is 0 Å². The highest BCUT2D eigenvalue weighted by molar-refractivity contribution is 5.53. The van der Waals surface area contributed by atoms with Crippen LogP contribution in [0.1, 0.15) is 32.1 Å². The summed E-state index contributed by atoms with van der Waals surface area (Å²) in [6.07, 6.45) is 8.54. The molecule has 1 fully saturated rings. The Morgan fingerprint density at radius 2 is 2.00 bits per heavy atom. The molecule has 1 N–H and O–H groups in total. The third-order valence-corrected chi connectivity index (χ3v) is 3.22. The van der Waals surface area contributed by atoms with Crippen LogP contribution < -0.4 is 10.2 Å². The molecule has 0 unspecified atom stereocenters. The van der Waals surface area contributed by atoms with Crippen molar-refractivity contribution in [1.82, 2.24) is 4.98 Å². The van der Waals surface area contributed by atoms with E-state index < -0.39 is 0 Å². The molecule has 1 saturated carbocycles. The lowest BCUT2D eigenvalue weighted by Gasteiger charge is -2.23. The molecule has 0 bridgehead atoms. The van der Waals surface area contributed by atoms with Crippen molar-refractivity contribution in [3.05, 3.63) is 18.3 Å². The first kappa shape index (κ1) is 11.2. The van der Waals surface area contributed by atoms with Gasteiger partial charge in [0.15, 0.2) is 0 Å². The van der Waals surface area contributed by atoms with Crippen molar-refractivity contribution in [2.45, 2.75) is 38.1 Å². The summed E-state index contributed by atoms with van der Waals surface area (Å²) in [6.45, 7) is 0. The topological polar surface area (TPSA) is 28.2 Å². The molecule has 2 rings (SSSR count). The van der Waals surface area contributed by atoms with Gasteiger partial charge in [-0.25, -0.2) is 4.98 Å². The van der Waals surface area contributed by atoms with Crippen LogP contribution in [0.5, 0.6) is 0 Å². The molecule has 0 saturated heterocycles. The van der Waals surface area contributed by atoms with Crippen LogP contribution in [0, 0.1) is 0 Å². The second-order valence-electron chi connectivity index (χ2n) is 4.77. The zero-order valence-electron chi connectivity index (χ0n) is 10.2. The van der Waals surface area contributed by atoms with Crippen LogP contribution in [0.25, 0.3) is 0 Å². The zero-order valence-corrected chi connectivity index (χ0v) is 10.2. The molecule has 3 nitrogen and oxygen atoms in total. The third kappa shape index (κ3) is 2.87. The number of pyridine rings is 1. The molecule has 1 aliphatic rings. The van der Waals surface area contributed by atoms with Crippen LogP contribution in [-0.2, 0) is 0 Å². The summed E-state index contributed by atoms with van der Waals surface area (Å²) >= 11 is 0. The summed E-state index contributed by atoms with van der Waals surface area (Å²) in [5.41, 5.74) is 1.20. The van der Waals surface area contributed by atoms with Gasteiger partial charge in [0.1, 0.15) is 5.82 Å². The average molecular weight is 219 g/mol. The minimum absolute atomic E-state index is 0.624. The molecule has 0 aliphatic heterocycles. The van der Waals surface area contributed by atoms with Crippen molar-refractivity contribution in [2.24, 2.45) is 0 Å². The van der Waals surface area contributed by atoms with Gasteiger partial charge in [-0.2, -0.15) is 0 Å². The van der Waals surface area contributed by atoms with E-state index in [1.165, 1.54) is 37.8 Å². The van der Waals surface area contributed by atoms with E-state index in [0.717, 1.165) is 5.82 Å². The van der Waals surface area contributed by atoms with E-state index in [2.05, 4.69) is 35.4 Å². The highest BCUT2D eigenvalue weighted by Gasteiger charge is 2.13. The number of aromatic nitrogens is 1. The Morgan fingerprint density at radius 3 is 2.69 bits per heavy atom. The molecule has 0 aromatic carbocycles. The first-order chi connectivity index (χ1) is 7.75. The highest BCUT2D eigenvalue weighted by Crippen LogP contribution is 2.22. The predicted octanol–water partition coefficient (Wildman–Crippen LogP) is 2.89. The largest absolute Gasteiger partial charge is 0.378 e. The van der Waals surface area contributed by atoms with Crippen LogP contribution in [0.4, 0.5) is 11.5 Å². The van der Waals surface area contributed by atoms with Crippen LogP contribution in [0.15, 0.2) is 18.3 Å². The quantitative estimate of drug-likeness (QED) is 0.847. The molecule has 0 atom stereocenters. The van der Waals surface area contributed by atoms with Crippen molar-refractivity contribution in [1.29, 1.82) is 0 Å². The van der Waals surface area contributed by atoms with Gasteiger partial charge in [-0.1, -0.05) is 19.3 Å². The molecular formula is C13H21N3. The van der Waals surface area contributed by atoms with Crippen molar-refractivity contribution >= 4 is 11.5 Å². The number of rotatable bonds is 3. The fourth-order valence-electron chi connectivity index (χ4n) is 2.23. The molecule has 1 aromatic heterocycles. The summed E-state index contributed by atoms with van der Waals surface area (Å²) in [5.74, 6) is 1.01. The Kier molecular flexibility index (Phi) is 3.65. The van der Waals surface area contributed by atoms with E-state index in [-0.39, 0.29) is 0 Å². The van der Waals surface area contributed by atoms with Crippen molar-refractivity contribution in [3.63, 3.8) is 0 Å². The van der Waals surface area contributed by atoms with Crippen LogP contribution in [0.3, 0.4) is 0 Å². The fourth-order valence-corrected chi connectivity index (χ4v) is 2.23. The Morgan fingerprint density at radius 1 is 1.25 bits per heavy atom. The highest BCUT2D eigenvalue weighted by atomic mass is 15.1. The van der Waals surface area contributed by atoms with E-state index in [1.54, 1.807) is 0 Å². The monoisotopic (exact) mass is 219 g/mol. The van der Waals surface area contributed by atoms with Gasteiger partial charge in [-0.15, -0.1) is 0 Å². The molecule has 1 aliphatic carbocycles. The number of nitrogens with zero attached hydrogens (tertiary/aromatic N) is 2. The number of nitrogens with one attached hydrogen (secondary N) is 1. The SMILES string of the molecule is CN(C)c1ccnc(NC2CCCCC2)c1. The summed E-state index contributed by atoms with van der Waals surface area (Å²) in [7, 11) is 4.11. The van der Waals surface area contributed by atoms with E-state index in [1.807, 2.05) is 12.3 Å². The van der Waals surface area contributed by atoms with Gasteiger partial charge in [0, 0.05) is 38.1 Å². The number of anilines is 2. The summed E-state index contributed by atoms with van der Waals surface area (Å²) in [5, 5.41) is 3.54. The van der Waals surface area contributed by atoms with Crippen LogP contribution in [0.2, 0.25) is 0 Å². The molecule has 3 heteroatoms. The molecule has 0 radical (unpaired) electrons. The molecule has 16 heavy (non-hydrogen) atoms. The Balaban J connectivity index is 2.00. The second kappa shape index (κ2) is 5.19. The van der Waals surface area contributed by atoms with E-state index in [4.69, 9.17) is 0 Å². The van der Waals surface area contributed by atoms with Gasteiger partial charge in [0.25, 0.3) is 0 Å². The lowest BCUT2D eigenvalue weighted by Crippen LogP contribution is -2.23. The van der Waals surface area contributed by atoms with Gasteiger partial charge in [-0.05, 0) is 18.9 Å². The molecular weight excluding hydrogens is 198 g/mol. The summed E-state index contributed by atoms with van der Waals surface area (Å²) in [6, 6.07) is 4.78. The minimum Gasteiger partial charge on any atom is -0.378 e. The van der Waals surface area contributed by atoms with E-state index >= 15 is 0 Å². The van der Waals surface area contributed by atoms with Crippen molar-refractivity contribution < 1.29 is 0 Å². The molecule has 0 spiro atoms. The van der Waals surface area contributed by atoms with E-state index in [9.17, 15) is 0 Å². The molecule has 1 aromatic rings. The van der Waals surface area contributed by atoms with Gasteiger partial charge < -0.3 is 10.2 Å². The normalized spacial score (nSPS) is 17.1. The Labute approximate surface area is 97.9 Å². The fraction of sp³-hybridized carbons (Fsp3) is 0.615. The average Bonchev–Trinajstić information content (AvgIpc) is 2.30. The van der Waals surface area contributed by atoms with Gasteiger partial charge in [-0.3, -0.25) is 0 Å². The maximum atomic E-state index is 4.38. The molecule has 0 amide bonds. The van der Waals surface area contributed by atoms with Crippen molar-refractivity contribution in [3.8, 4) is 0 Å². The first-order valence-corrected chi connectivity index (χ1v) is 6.15. The first-order valence-electron chi connectivity index (χ1n) is 6.15. The maximum absolute atomic E-state index is 4.38. The number of hydrogen-bond acceptors (Lipinski definition) is 3. The minimum atomic E-state index is 0.624. The summed E-state index contributed by atoms with van der Waals surface area (Å²) in [4.78, 5) is 6.48. The maximum Gasteiger partial charge on any atom is 0.128 e. The lowest BCUT2D eigenvalue weighted by molar-refractivity contribution is 0.462. The van der Waals surface area contributed by atoms with Crippen molar-refractivity contribution in [2.75, 3.05) is 24.3 Å². The lowest BCUT2D eigenvalue weighted by atomic mass is 9.95. The predicted molar refractivity (Wildman–Crippen MR) is 69.1 cm³/mol. The smallest absolute Gasteiger partial charge is 0.128 e. The number of hydrogen-bond donors (Lipinski definition) is 1. The zero-order chi connectivity index (χ0) is 11.4. The second-order valence-corrected chi connectivity index (χ2v) is 4.77. The third-order valence-electron chi connectivity index (χ3n) is 3.22.